The zero-order chi connectivity index (χ0) is 11.6. The monoisotopic (exact) mass is 235 g/mol. The normalized spacial score (nSPS) is 11.2. The maximum absolute atomic E-state index is 12.5. The van der Waals surface area contributed by atoms with Gasteiger partial charge in [-0.2, -0.15) is 13.2 Å². The lowest BCUT2D eigenvalue weighted by atomic mass is 10.0. The molecule has 2 N–H and O–H groups in total. The average molecular weight is 235 g/mol. The van der Waals surface area contributed by atoms with Crippen molar-refractivity contribution in [3.8, 4) is 0 Å². The van der Waals surface area contributed by atoms with Crippen LogP contribution in [0.1, 0.15) is 18.1 Å². The molecule has 6 heteroatoms. The Labute approximate surface area is 88.0 Å². The Morgan fingerprint density at radius 2 is 2.00 bits per heavy atom. The molecule has 0 aromatic heterocycles. The van der Waals surface area contributed by atoms with Gasteiger partial charge in [0.15, 0.2) is 0 Å². The second-order valence-corrected chi connectivity index (χ2v) is 3.69. The van der Waals surface area contributed by atoms with Crippen LogP contribution in [0, 0.1) is 0 Å². The Morgan fingerprint density at radius 1 is 1.40 bits per heavy atom. The first-order chi connectivity index (χ1) is 6.88. The molecular weight excluding hydrogens is 227 g/mol. The van der Waals surface area contributed by atoms with Crippen molar-refractivity contribution in [1.29, 1.82) is 0 Å². The van der Waals surface area contributed by atoms with Gasteiger partial charge in [-0.25, -0.2) is 4.21 Å². The molecule has 0 fully saturated rings. The summed E-state index contributed by atoms with van der Waals surface area (Å²) in [6, 6.07) is 3.46. The molecule has 0 radical (unpaired) electrons. The van der Waals surface area contributed by atoms with Gasteiger partial charge in [0.05, 0.1) is 21.7 Å². The van der Waals surface area contributed by atoms with Crippen LogP contribution < -0.4 is 5.73 Å². The summed E-state index contributed by atoms with van der Waals surface area (Å²) >= 11 is 0.00898. The first kappa shape index (κ1) is 11.8. The van der Waals surface area contributed by atoms with Gasteiger partial charge in [0.2, 0.25) is 0 Å². The molecule has 0 saturated heterocycles. The summed E-state index contributed by atoms with van der Waals surface area (Å²) in [5.41, 5.74) is 4.30. The SMILES string of the molecule is CC(=S=O)c1c(N)cccc1C(F)(F)F. The van der Waals surface area contributed by atoms with Crippen molar-refractivity contribution < 1.29 is 17.4 Å². The molecule has 0 aliphatic carbocycles. The zero-order valence-corrected chi connectivity index (χ0v) is 8.58. The molecule has 15 heavy (non-hydrogen) atoms. The summed E-state index contributed by atoms with van der Waals surface area (Å²) in [5, 5.41) is 0. The van der Waals surface area contributed by atoms with Crippen LogP contribution in [-0.4, -0.2) is 9.07 Å². The molecule has 82 valence electrons. The van der Waals surface area contributed by atoms with Crippen molar-refractivity contribution in [2.24, 2.45) is 0 Å². The van der Waals surface area contributed by atoms with Gasteiger partial charge in [0.1, 0.15) is 0 Å². The number of hydrogen-bond donors (Lipinski definition) is 1. The highest BCUT2D eigenvalue weighted by molar-refractivity contribution is 7.67. The molecule has 0 heterocycles. The van der Waals surface area contributed by atoms with Crippen molar-refractivity contribution in [2.45, 2.75) is 13.1 Å². The van der Waals surface area contributed by atoms with Crippen LogP contribution in [0.3, 0.4) is 0 Å². The van der Waals surface area contributed by atoms with E-state index in [1.54, 1.807) is 0 Å². The third-order valence-electron chi connectivity index (χ3n) is 1.88. The molecule has 0 atom stereocenters. The minimum Gasteiger partial charge on any atom is -0.398 e. The number of nitrogen functional groups attached to an aromatic ring is 1. The van der Waals surface area contributed by atoms with E-state index in [1.807, 2.05) is 0 Å². The Kier molecular flexibility index (Phi) is 3.18. The number of benzene rings is 1. The van der Waals surface area contributed by atoms with Gasteiger partial charge in [-0.15, -0.1) is 0 Å². The fourth-order valence-electron chi connectivity index (χ4n) is 1.24. The Bertz CT molecular complexity index is 435. The maximum atomic E-state index is 12.5. The van der Waals surface area contributed by atoms with Crippen molar-refractivity contribution in [3.05, 3.63) is 29.3 Å². The summed E-state index contributed by atoms with van der Waals surface area (Å²) in [4.78, 5) is 0.0143. The molecule has 0 bridgehead atoms. The van der Waals surface area contributed by atoms with Gasteiger partial charge < -0.3 is 5.73 Å². The number of anilines is 1. The smallest absolute Gasteiger partial charge is 0.398 e. The van der Waals surface area contributed by atoms with Crippen LogP contribution in [0.15, 0.2) is 18.2 Å². The molecule has 2 nitrogen and oxygen atoms in total. The van der Waals surface area contributed by atoms with E-state index in [0.717, 1.165) is 6.07 Å². The van der Waals surface area contributed by atoms with E-state index in [1.165, 1.54) is 19.1 Å². The van der Waals surface area contributed by atoms with Crippen molar-refractivity contribution in [3.63, 3.8) is 0 Å². The maximum Gasteiger partial charge on any atom is 0.417 e. The fraction of sp³-hybridized carbons (Fsp3) is 0.222. The first-order valence-electron chi connectivity index (χ1n) is 3.97. The van der Waals surface area contributed by atoms with Crippen LogP contribution in [0.2, 0.25) is 0 Å². The second kappa shape index (κ2) is 4.06. The summed E-state index contributed by atoms with van der Waals surface area (Å²) in [6.07, 6.45) is -4.50. The lowest BCUT2D eigenvalue weighted by Gasteiger charge is -2.13. The van der Waals surface area contributed by atoms with Crippen LogP contribution in [0.25, 0.3) is 0 Å². The van der Waals surface area contributed by atoms with Gasteiger partial charge in [-0.05, 0) is 19.1 Å². The quantitative estimate of drug-likeness (QED) is 0.460. The molecule has 0 amide bonds. The van der Waals surface area contributed by atoms with Gasteiger partial charge in [0, 0.05) is 11.3 Å². The van der Waals surface area contributed by atoms with Gasteiger partial charge in [-0.3, -0.25) is 0 Å². The van der Waals surface area contributed by atoms with E-state index in [9.17, 15) is 17.4 Å². The lowest BCUT2D eigenvalue weighted by Crippen LogP contribution is -2.14. The minimum atomic E-state index is -4.50. The largest absolute Gasteiger partial charge is 0.417 e. The van der Waals surface area contributed by atoms with Crippen LogP contribution >= 0.6 is 0 Å². The first-order valence-corrected chi connectivity index (χ1v) is 4.71. The lowest BCUT2D eigenvalue weighted by molar-refractivity contribution is -0.137. The molecular formula is C9H8F3NOS. The number of rotatable bonds is 1. The Balaban J connectivity index is 3.54. The minimum absolute atomic E-state index is 0.00898. The molecule has 1 rings (SSSR count). The van der Waals surface area contributed by atoms with Crippen molar-refractivity contribution in [1.82, 2.24) is 0 Å². The predicted octanol–water partition coefficient (Wildman–Crippen LogP) is 2.04. The standard InChI is InChI=1S/C9H8F3NOS/c1-5(15-14)8-6(9(10,11)12)3-2-4-7(8)13/h2-4H,13H2,1H3. The van der Waals surface area contributed by atoms with E-state index >= 15 is 0 Å². The van der Waals surface area contributed by atoms with E-state index in [4.69, 9.17) is 5.73 Å². The second-order valence-electron chi connectivity index (χ2n) is 2.91. The average Bonchev–Trinajstić information content (AvgIpc) is 2.15. The van der Waals surface area contributed by atoms with E-state index in [2.05, 4.69) is 0 Å². The Morgan fingerprint density at radius 3 is 2.47 bits per heavy atom. The molecule has 0 spiro atoms. The number of halogens is 3. The van der Waals surface area contributed by atoms with Gasteiger partial charge in [-0.1, -0.05) is 6.07 Å². The van der Waals surface area contributed by atoms with E-state index < -0.39 is 11.7 Å². The summed E-state index contributed by atoms with van der Waals surface area (Å²) in [7, 11) is 0. The van der Waals surface area contributed by atoms with Crippen LogP contribution in [0.4, 0.5) is 18.9 Å². The third-order valence-corrected chi connectivity index (χ3v) is 2.33. The highest BCUT2D eigenvalue weighted by Crippen LogP contribution is 2.34. The van der Waals surface area contributed by atoms with Crippen LogP contribution in [-0.2, 0) is 17.4 Å². The summed E-state index contributed by atoms with van der Waals surface area (Å²) < 4.78 is 48.2. The molecule has 1 aromatic rings. The highest BCUT2D eigenvalue weighted by Gasteiger charge is 2.34. The molecule has 0 unspecified atom stereocenters. The summed E-state index contributed by atoms with van der Waals surface area (Å²) in [5.74, 6) is 0. The van der Waals surface area contributed by atoms with Gasteiger partial charge in [0.25, 0.3) is 0 Å². The molecule has 0 aliphatic rings. The van der Waals surface area contributed by atoms with Crippen molar-refractivity contribution in [2.75, 3.05) is 5.73 Å². The molecule has 0 saturated carbocycles. The van der Waals surface area contributed by atoms with Crippen LogP contribution in [0.5, 0.6) is 0 Å². The summed E-state index contributed by atoms with van der Waals surface area (Å²) in [6.45, 7) is 1.32. The van der Waals surface area contributed by atoms with Gasteiger partial charge >= 0.3 is 6.18 Å². The highest BCUT2D eigenvalue weighted by atomic mass is 32.1. The predicted molar refractivity (Wildman–Crippen MR) is 53.8 cm³/mol. The van der Waals surface area contributed by atoms with E-state index in [-0.39, 0.29) is 27.4 Å². The number of nitrogens with two attached hydrogens (primary N) is 1. The number of alkyl halides is 3. The number of hydrogen-bond acceptors (Lipinski definition) is 2. The Hall–Kier alpha value is -1.30. The van der Waals surface area contributed by atoms with Crippen molar-refractivity contribution >= 4 is 21.8 Å². The third kappa shape index (κ3) is 2.38. The van der Waals surface area contributed by atoms with E-state index in [0.29, 0.717) is 0 Å². The topological polar surface area (TPSA) is 43.1 Å². The molecule has 0 aliphatic heterocycles. The zero-order valence-electron chi connectivity index (χ0n) is 7.76. The fourth-order valence-corrected chi connectivity index (χ4v) is 1.55. The molecule has 1 aromatic carbocycles.